The van der Waals surface area contributed by atoms with E-state index in [0.717, 1.165) is 11.6 Å². The van der Waals surface area contributed by atoms with Gasteiger partial charge in [0.25, 0.3) is 0 Å². The molecule has 0 bridgehead atoms. The first-order valence-electron chi connectivity index (χ1n) is 8.79. The van der Waals surface area contributed by atoms with Gasteiger partial charge in [0.2, 0.25) is 5.91 Å². The lowest BCUT2D eigenvalue weighted by Gasteiger charge is -2.10. The number of nitrogens with two attached hydrogens (primary N) is 1. The molecule has 4 nitrogen and oxygen atoms in total. The van der Waals surface area contributed by atoms with Gasteiger partial charge in [0.1, 0.15) is 0 Å². The quantitative estimate of drug-likeness (QED) is 0.511. The first-order valence-corrected chi connectivity index (χ1v) is 8.79. The Labute approximate surface area is 164 Å². The minimum absolute atomic E-state index is 0.0238. The van der Waals surface area contributed by atoms with E-state index >= 15 is 0 Å². The van der Waals surface area contributed by atoms with Gasteiger partial charge in [-0.15, -0.1) is 0 Å². The maximum atomic E-state index is 14.3. The van der Waals surface area contributed by atoms with E-state index in [1.54, 1.807) is 35.9 Å². The van der Waals surface area contributed by atoms with Crippen molar-refractivity contribution in [1.82, 2.24) is 4.57 Å². The monoisotopic (exact) mass is 397 g/mol. The molecule has 2 N–H and O–H groups in total. The van der Waals surface area contributed by atoms with Gasteiger partial charge in [0, 0.05) is 29.0 Å². The standard InChI is InChI=1S/C22H16F3N2O2/c1-29-11-12-5-7-14-18(9-12)27(10-13-6-8-16(23)21(25)20(13)24)17-4-2-3-15(19(14)17)22(26)28/h2-6,8-9H,10-11H2,1H3,(H2,26,28). The van der Waals surface area contributed by atoms with Crippen LogP contribution >= 0.6 is 0 Å². The Bertz CT molecular complexity index is 1260. The number of methoxy groups -OCH3 is 1. The van der Waals surface area contributed by atoms with Gasteiger partial charge in [-0.05, 0) is 42.0 Å². The molecule has 147 valence electrons. The van der Waals surface area contributed by atoms with E-state index in [1.165, 1.54) is 6.07 Å². The van der Waals surface area contributed by atoms with Gasteiger partial charge >= 0.3 is 0 Å². The minimum atomic E-state index is -1.52. The van der Waals surface area contributed by atoms with Crippen LogP contribution in [-0.4, -0.2) is 17.6 Å². The SMILES string of the molecule is COCc1c[c]c2c3c(C(N)=O)cccc3n(Cc3ccc(F)c(F)c3F)c2c1. The third-order valence-corrected chi connectivity index (χ3v) is 4.87. The molecule has 3 aromatic carbocycles. The number of carbonyl (C=O) groups excluding carboxylic acids is 1. The van der Waals surface area contributed by atoms with E-state index in [-0.39, 0.29) is 12.1 Å². The number of primary amides is 1. The van der Waals surface area contributed by atoms with Gasteiger partial charge in [-0.2, -0.15) is 0 Å². The van der Waals surface area contributed by atoms with E-state index < -0.39 is 23.4 Å². The number of nitrogens with zero attached hydrogens (tertiary/aromatic N) is 1. The maximum absolute atomic E-state index is 14.3. The molecular weight excluding hydrogens is 381 g/mol. The second-order valence-corrected chi connectivity index (χ2v) is 6.69. The van der Waals surface area contributed by atoms with Crippen LogP contribution in [0, 0.1) is 23.5 Å². The number of rotatable bonds is 5. The van der Waals surface area contributed by atoms with E-state index in [0.29, 0.717) is 34.0 Å². The maximum Gasteiger partial charge on any atom is 0.249 e. The fourth-order valence-corrected chi connectivity index (χ4v) is 3.58. The Morgan fingerprint density at radius 2 is 1.93 bits per heavy atom. The van der Waals surface area contributed by atoms with Crippen molar-refractivity contribution in [2.75, 3.05) is 7.11 Å². The summed E-state index contributed by atoms with van der Waals surface area (Å²) in [4.78, 5) is 12.0. The van der Waals surface area contributed by atoms with Crippen molar-refractivity contribution >= 4 is 27.7 Å². The highest BCUT2D eigenvalue weighted by molar-refractivity contribution is 6.17. The van der Waals surface area contributed by atoms with Crippen molar-refractivity contribution < 1.29 is 22.7 Å². The van der Waals surface area contributed by atoms with Gasteiger partial charge < -0.3 is 15.0 Å². The molecule has 1 amide bonds. The predicted molar refractivity (Wildman–Crippen MR) is 103 cm³/mol. The zero-order valence-electron chi connectivity index (χ0n) is 15.4. The molecular formula is C22H16F3N2O2. The summed E-state index contributed by atoms with van der Waals surface area (Å²) in [7, 11) is 1.56. The number of benzene rings is 3. The van der Waals surface area contributed by atoms with Gasteiger partial charge in [0.15, 0.2) is 17.5 Å². The Morgan fingerprint density at radius 3 is 2.66 bits per heavy atom. The predicted octanol–water partition coefficient (Wildman–Crippen LogP) is 4.31. The van der Waals surface area contributed by atoms with Crippen molar-refractivity contribution in [3.05, 3.63) is 82.7 Å². The van der Waals surface area contributed by atoms with Crippen molar-refractivity contribution in [3.8, 4) is 0 Å². The summed E-state index contributed by atoms with van der Waals surface area (Å²) in [6.07, 6.45) is 0. The number of amides is 1. The lowest BCUT2D eigenvalue weighted by molar-refractivity contribution is 0.100. The van der Waals surface area contributed by atoms with E-state index in [9.17, 15) is 18.0 Å². The second kappa shape index (κ2) is 7.25. The third kappa shape index (κ3) is 3.13. The van der Waals surface area contributed by atoms with Crippen LogP contribution in [0.1, 0.15) is 21.5 Å². The number of aromatic nitrogens is 1. The van der Waals surface area contributed by atoms with Crippen molar-refractivity contribution in [2.45, 2.75) is 13.2 Å². The molecule has 0 saturated heterocycles. The molecule has 4 aromatic rings. The summed E-state index contributed by atoms with van der Waals surface area (Å²) in [5, 5.41) is 1.19. The summed E-state index contributed by atoms with van der Waals surface area (Å²) in [6, 6.07) is 13.8. The van der Waals surface area contributed by atoms with Crippen molar-refractivity contribution in [3.63, 3.8) is 0 Å². The molecule has 1 heterocycles. The average Bonchev–Trinajstić information content (AvgIpc) is 3.01. The molecule has 1 aromatic heterocycles. The fraction of sp³-hybridized carbons (Fsp3) is 0.136. The van der Waals surface area contributed by atoms with Crippen LogP contribution in [0.4, 0.5) is 13.2 Å². The summed E-state index contributed by atoms with van der Waals surface area (Å²) in [6.45, 7) is 0.256. The first-order chi connectivity index (χ1) is 13.9. The molecule has 0 aliphatic heterocycles. The summed E-state index contributed by atoms with van der Waals surface area (Å²) >= 11 is 0. The zero-order chi connectivity index (χ0) is 20.7. The largest absolute Gasteiger partial charge is 0.380 e. The van der Waals surface area contributed by atoms with Crippen molar-refractivity contribution in [2.24, 2.45) is 5.73 Å². The van der Waals surface area contributed by atoms with Gasteiger partial charge in [-0.1, -0.05) is 12.1 Å². The van der Waals surface area contributed by atoms with Crippen LogP contribution in [0.3, 0.4) is 0 Å². The zero-order valence-corrected chi connectivity index (χ0v) is 15.4. The lowest BCUT2D eigenvalue weighted by Crippen LogP contribution is -2.11. The molecule has 0 aliphatic rings. The van der Waals surface area contributed by atoms with Crippen LogP contribution in [0.2, 0.25) is 0 Å². The molecule has 1 radical (unpaired) electrons. The lowest BCUT2D eigenvalue weighted by atomic mass is 10.0. The van der Waals surface area contributed by atoms with E-state index in [1.807, 2.05) is 6.07 Å². The number of carbonyl (C=O) groups is 1. The van der Waals surface area contributed by atoms with Gasteiger partial charge in [0.05, 0.1) is 24.2 Å². The average molecular weight is 397 g/mol. The smallest absolute Gasteiger partial charge is 0.249 e. The number of hydrogen-bond donors (Lipinski definition) is 1. The fourth-order valence-electron chi connectivity index (χ4n) is 3.58. The molecule has 7 heteroatoms. The molecule has 0 atom stereocenters. The topological polar surface area (TPSA) is 57.2 Å². The molecule has 0 spiro atoms. The van der Waals surface area contributed by atoms with E-state index in [2.05, 4.69) is 6.07 Å². The Kier molecular flexibility index (Phi) is 4.76. The van der Waals surface area contributed by atoms with Gasteiger partial charge in [-0.25, -0.2) is 13.2 Å². The second-order valence-electron chi connectivity index (χ2n) is 6.69. The normalized spacial score (nSPS) is 11.4. The number of halogens is 3. The summed E-state index contributed by atoms with van der Waals surface area (Å²) < 4.78 is 48.3. The highest BCUT2D eigenvalue weighted by Gasteiger charge is 2.19. The molecule has 29 heavy (non-hydrogen) atoms. The Hall–Kier alpha value is -3.32. The molecule has 0 aliphatic carbocycles. The van der Waals surface area contributed by atoms with E-state index in [4.69, 9.17) is 10.5 Å². The number of hydrogen-bond acceptors (Lipinski definition) is 2. The minimum Gasteiger partial charge on any atom is -0.380 e. The number of fused-ring (bicyclic) bond motifs is 3. The first kappa shape index (κ1) is 19.0. The van der Waals surface area contributed by atoms with Crippen LogP contribution < -0.4 is 5.73 Å². The highest BCUT2D eigenvalue weighted by Crippen LogP contribution is 2.33. The highest BCUT2D eigenvalue weighted by atomic mass is 19.2. The number of ether oxygens (including phenoxy) is 1. The van der Waals surface area contributed by atoms with Gasteiger partial charge in [-0.3, -0.25) is 4.79 Å². The Morgan fingerprint density at radius 1 is 1.14 bits per heavy atom. The van der Waals surface area contributed by atoms with Crippen LogP contribution in [0.25, 0.3) is 21.8 Å². The molecule has 0 saturated carbocycles. The third-order valence-electron chi connectivity index (χ3n) is 4.87. The molecule has 0 fully saturated rings. The van der Waals surface area contributed by atoms with Crippen molar-refractivity contribution in [1.29, 1.82) is 0 Å². The molecule has 0 unspecified atom stereocenters. The molecule has 4 rings (SSSR count). The Balaban J connectivity index is 2.02. The van der Waals surface area contributed by atoms with Crippen LogP contribution in [0.15, 0.2) is 42.5 Å². The summed E-state index contributed by atoms with van der Waals surface area (Å²) in [5.41, 5.74) is 7.88. The van der Waals surface area contributed by atoms with Crippen LogP contribution in [-0.2, 0) is 17.9 Å². The van der Waals surface area contributed by atoms with Crippen LogP contribution in [0.5, 0.6) is 0 Å². The summed E-state index contributed by atoms with van der Waals surface area (Å²) in [5.74, 6) is -4.63.